The minimum absolute atomic E-state index is 0.0572. The molecule has 2 amide bonds. The number of hydrogen-bond acceptors (Lipinski definition) is 4. The predicted octanol–water partition coefficient (Wildman–Crippen LogP) is 6.28. The third-order valence-corrected chi connectivity index (χ3v) is 6.56. The number of nitrogens with one attached hydrogen (secondary N) is 1. The fourth-order valence-electron chi connectivity index (χ4n) is 4.24. The van der Waals surface area contributed by atoms with Gasteiger partial charge in [-0.1, -0.05) is 63.1 Å². The Kier molecular flexibility index (Phi) is 6.98. The van der Waals surface area contributed by atoms with Gasteiger partial charge in [0.15, 0.2) is 0 Å². The zero-order valence-electron chi connectivity index (χ0n) is 19.8. The van der Waals surface area contributed by atoms with Crippen molar-refractivity contribution >= 4 is 17.7 Å². The maximum Gasteiger partial charge on any atom is 0.413 e. The van der Waals surface area contributed by atoms with Crippen molar-refractivity contribution in [3.8, 4) is 5.75 Å². The number of amides is 2. The van der Waals surface area contributed by atoms with Crippen molar-refractivity contribution in [1.82, 2.24) is 5.32 Å². The Balaban J connectivity index is 1.87. The summed E-state index contributed by atoms with van der Waals surface area (Å²) in [5.41, 5.74) is 10.2. The molecule has 8 heteroatoms. The minimum atomic E-state index is -0.566. The molecular formula is C25H31N5O3. The number of benzene rings is 2. The molecule has 2 aromatic rings. The highest BCUT2D eigenvalue weighted by molar-refractivity contribution is 5.96. The molecule has 2 aromatic carbocycles. The van der Waals surface area contributed by atoms with Crippen molar-refractivity contribution in [2.24, 2.45) is 10.5 Å². The lowest BCUT2D eigenvalue weighted by atomic mass is 9.67. The summed E-state index contributed by atoms with van der Waals surface area (Å²) in [4.78, 5) is 30.5. The number of carbonyl (C=O) groups excluding carboxylic acids is 2. The largest absolute Gasteiger partial charge is 0.413 e. The first-order chi connectivity index (χ1) is 15.6. The highest BCUT2D eigenvalue weighted by Gasteiger charge is 2.50. The number of anilines is 1. The molecular weight excluding hydrogens is 418 g/mol. The summed E-state index contributed by atoms with van der Waals surface area (Å²) >= 11 is 0. The van der Waals surface area contributed by atoms with E-state index in [1.165, 1.54) is 0 Å². The van der Waals surface area contributed by atoms with Crippen molar-refractivity contribution in [3.05, 3.63) is 70.1 Å². The van der Waals surface area contributed by atoms with E-state index in [2.05, 4.69) is 43.0 Å². The molecule has 33 heavy (non-hydrogen) atoms. The molecule has 0 aliphatic carbocycles. The monoisotopic (exact) mass is 449 g/mol. The van der Waals surface area contributed by atoms with Crippen LogP contribution in [0.5, 0.6) is 5.75 Å². The molecule has 0 saturated carbocycles. The van der Waals surface area contributed by atoms with E-state index < -0.39 is 11.6 Å². The number of nitrogens with zero attached hydrogens (tertiary/aromatic N) is 4. The molecule has 1 N–H and O–H groups in total. The Labute approximate surface area is 194 Å². The lowest BCUT2D eigenvalue weighted by molar-refractivity contribution is -0.120. The number of hydrogen-bond donors (Lipinski definition) is 1. The van der Waals surface area contributed by atoms with Gasteiger partial charge in [-0.15, -0.1) is 0 Å². The fraction of sp³-hybridized carbons (Fsp3) is 0.440. The second-order valence-corrected chi connectivity index (χ2v) is 9.49. The summed E-state index contributed by atoms with van der Waals surface area (Å²) in [6.07, 6.45) is 0.388. The van der Waals surface area contributed by atoms with Gasteiger partial charge >= 0.3 is 6.09 Å². The zero-order valence-corrected chi connectivity index (χ0v) is 19.8. The number of fused-ring (bicyclic) bond motifs is 1. The van der Waals surface area contributed by atoms with Gasteiger partial charge in [0.2, 0.25) is 5.91 Å². The molecule has 1 heterocycles. The second kappa shape index (κ2) is 9.55. The van der Waals surface area contributed by atoms with Crippen LogP contribution in [0.4, 0.5) is 10.5 Å². The second-order valence-electron chi connectivity index (χ2n) is 9.49. The summed E-state index contributed by atoms with van der Waals surface area (Å²) in [7, 11) is 0. The van der Waals surface area contributed by atoms with Crippen LogP contribution in [-0.4, -0.2) is 17.5 Å². The maximum absolute atomic E-state index is 13.0. The maximum atomic E-state index is 13.0. The summed E-state index contributed by atoms with van der Waals surface area (Å²) in [5, 5.41) is 6.53. The third-order valence-electron chi connectivity index (χ3n) is 6.56. The van der Waals surface area contributed by atoms with Gasteiger partial charge in [0.1, 0.15) is 5.75 Å². The molecule has 0 aromatic heterocycles. The topological polar surface area (TPSA) is 107 Å². The Bertz CT molecular complexity index is 1070. The van der Waals surface area contributed by atoms with Gasteiger partial charge in [0, 0.05) is 17.0 Å². The van der Waals surface area contributed by atoms with Crippen molar-refractivity contribution in [2.45, 2.75) is 65.6 Å². The lowest BCUT2D eigenvalue weighted by Crippen LogP contribution is -2.61. The van der Waals surface area contributed by atoms with Crippen LogP contribution in [0.1, 0.15) is 64.6 Å². The van der Waals surface area contributed by atoms with Gasteiger partial charge in [0.05, 0.1) is 18.1 Å². The van der Waals surface area contributed by atoms with Gasteiger partial charge in [-0.25, -0.2) is 4.79 Å². The van der Waals surface area contributed by atoms with Crippen LogP contribution in [-0.2, 0) is 11.3 Å². The van der Waals surface area contributed by atoms with Gasteiger partial charge in [-0.2, -0.15) is 0 Å². The van der Waals surface area contributed by atoms with Crippen LogP contribution in [0.15, 0.2) is 53.6 Å². The van der Waals surface area contributed by atoms with Crippen LogP contribution in [0, 0.1) is 5.41 Å². The average Bonchev–Trinajstić information content (AvgIpc) is 2.77. The van der Waals surface area contributed by atoms with Crippen molar-refractivity contribution in [3.63, 3.8) is 0 Å². The number of ether oxygens (including phenoxy) is 1. The van der Waals surface area contributed by atoms with Crippen LogP contribution < -0.4 is 15.0 Å². The SMILES string of the molecule is CCC(=O)N1c2ccccc2[C@H](NC(=O)Oc2ccc(CN=[N+]=[N-])cc2)C[C@@]1(C)C(C)(C)C. The smallest absolute Gasteiger partial charge is 0.410 e. The van der Waals surface area contributed by atoms with Crippen molar-refractivity contribution in [1.29, 1.82) is 0 Å². The minimum Gasteiger partial charge on any atom is -0.410 e. The van der Waals surface area contributed by atoms with Gasteiger partial charge < -0.3 is 15.0 Å². The normalized spacial score (nSPS) is 19.8. The van der Waals surface area contributed by atoms with E-state index in [0.29, 0.717) is 18.6 Å². The van der Waals surface area contributed by atoms with Crippen LogP contribution in [0.3, 0.4) is 0 Å². The van der Waals surface area contributed by atoms with E-state index >= 15 is 0 Å². The van der Waals surface area contributed by atoms with E-state index in [4.69, 9.17) is 10.3 Å². The van der Waals surface area contributed by atoms with Gasteiger partial charge in [-0.05, 0) is 53.6 Å². The molecule has 2 atom stereocenters. The molecule has 0 fully saturated rings. The average molecular weight is 450 g/mol. The van der Waals surface area contributed by atoms with E-state index in [-0.39, 0.29) is 23.9 Å². The molecule has 1 aliphatic heterocycles. The molecule has 0 unspecified atom stereocenters. The third kappa shape index (κ3) is 4.96. The fourth-order valence-corrected chi connectivity index (χ4v) is 4.24. The standard InChI is InChI=1S/C25H31N5O3/c1-6-22(31)30-21-10-8-7-9-19(21)20(15-25(30,5)24(2,3)4)28-23(32)33-18-13-11-17(12-14-18)16-27-29-26/h7-14,20H,6,15-16H2,1-5H3,(H,28,32)/t20-,25+/m1/s1. The predicted molar refractivity (Wildman–Crippen MR) is 128 cm³/mol. The molecule has 0 saturated heterocycles. The highest BCUT2D eigenvalue weighted by Crippen LogP contribution is 2.50. The molecule has 0 bridgehead atoms. The lowest BCUT2D eigenvalue weighted by Gasteiger charge is -2.55. The van der Waals surface area contributed by atoms with Crippen LogP contribution >= 0.6 is 0 Å². The summed E-state index contributed by atoms with van der Waals surface area (Å²) in [5.74, 6) is 0.448. The van der Waals surface area contributed by atoms with E-state index in [1.54, 1.807) is 24.3 Å². The van der Waals surface area contributed by atoms with E-state index in [1.807, 2.05) is 36.1 Å². The highest BCUT2D eigenvalue weighted by atomic mass is 16.6. The first-order valence-electron chi connectivity index (χ1n) is 11.1. The Morgan fingerprint density at radius 1 is 1.21 bits per heavy atom. The molecule has 0 spiro atoms. The van der Waals surface area contributed by atoms with Crippen LogP contribution in [0.25, 0.3) is 10.4 Å². The molecule has 0 radical (unpaired) electrons. The summed E-state index contributed by atoms with van der Waals surface area (Å²) < 4.78 is 5.51. The quantitative estimate of drug-likeness (QED) is 0.330. The van der Waals surface area contributed by atoms with Crippen LogP contribution in [0.2, 0.25) is 0 Å². The van der Waals surface area contributed by atoms with E-state index in [0.717, 1.165) is 16.8 Å². The first kappa shape index (κ1) is 24.1. The number of azide groups is 1. The Hall–Kier alpha value is -3.51. The van der Waals surface area contributed by atoms with Gasteiger partial charge in [-0.3, -0.25) is 4.79 Å². The molecule has 1 aliphatic rings. The molecule has 8 nitrogen and oxygen atoms in total. The van der Waals surface area contributed by atoms with Gasteiger partial charge in [0.25, 0.3) is 0 Å². The number of para-hydroxylation sites is 1. The zero-order chi connectivity index (χ0) is 24.2. The first-order valence-corrected chi connectivity index (χ1v) is 11.1. The summed E-state index contributed by atoms with van der Waals surface area (Å²) in [6, 6.07) is 14.2. The summed E-state index contributed by atoms with van der Waals surface area (Å²) in [6.45, 7) is 10.5. The number of rotatable bonds is 5. The van der Waals surface area contributed by atoms with Crippen molar-refractivity contribution in [2.75, 3.05) is 4.90 Å². The Morgan fingerprint density at radius 2 is 1.88 bits per heavy atom. The molecule has 174 valence electrons. The Morgan fingerprint density at radius 3 is 2.48 bits per heavy atom. The van der Waals surface area contributed by atoms with Crippen molar-refractivity contribution < 1.29 is 14.3 Å². The van der Waals surface area contributed by atoms with E-state index in [9.17, 15) is 9.59 Å². The molecule has 3 rings (SSSR count). The number of carbonyl (C=O) groups is 2.